The Bertz CT molecular complexity index is 647. The van der Waals surface area contributed by atoms with Gasteiger partial charge in [0.1, 0.15) is 5.75 Å². The van der Waals surface area contributed by atoms with Crippen LogP contribution in [0.25, 0.3) is 0 Å². The Morgan fingerprint density at radius 2 is 1.84 bits per heavy atom. The molecule has 0 aromatic heterocycles. The van der Waals surface area contributed by atoms with Crippen LogP contribution in [0.4, 0.5) is 0 Å². The summed E-state index contributed by atoms with van der Waals surface area (Å²) in [6.07, 6.45) is 7.23. The fraction of sp³-hybridized carbons (Fsp3) is 0.708. The number of ether oxygens (including phenoxy) is 3. The first-order valence-corrected chi connectivity index (χ1v) is 11.8. The molecule has 2 heterocycles. The minimum atomic E-state index is 0. The molecule has 1 aromatic rings. The van der Waals surface area contributed by atoms with Crippen LogP contribution in [0.2, 0.25) is 0 Å². The molecule has 2 aliphatic rings. The SMILES string of the molecule is CN=C(NCCCOC1CCOCC1)NCC(c1ccc(OC)cc1)N1CCCCC1.I. The largest absolute Gasteiger partial charge is 0.497 e. The maximum absolute atomic E-state index is 5.96. The van der Waals surface area contributed by atoms with Gasteiger partial charge in [-0.2, -0.15) is 0 Å². The Kier molecular flexibility index (Phi) is 13.3. The number of hydrogen-bond donors (Lipinski definition) is 2. The van der Waals surface area contributed by atoms with Gasteiger partial charge >= 0.3 is 0 Å². The summed E-state index contributed by atoms with van der Waals surface area (Å²) in [6.45, 7) is 6.39. The van der Waals surface area contributed by atoms with Crippen LogP contribution in [-0.4, -0.2) is 77.1 Å². The monoisotopic (exact) mass is 560 g/mol. The summed E-state index contributed by atoms with van der Waals surface area (Å²) >= 11 is 0. The summed E-state index contributed by atoms with van der Waals surface area (Å²) < 4.78 is 16.7. The number of nitrogens with zero attached hydrogens (tertiary/aromatic N) is 2. The molecular weight excluding hydrogens is 519 g/mol. The van der Waals surface area contributed by atoms with Gasteiger partial charge in [-0.1, -0.05) is 18.6 Å². The van der Waals surface area contributed by atoms with Crippen LogP contribution >= 0.6 is 24.0 Å². The van der Waals surface area contributed by atoms with Crippen molar-refractivity contribution in [2.24, 2.45) is 4.99 Å². The highest BCUT2D eigenvalue weighted by Crippen LogP contribution is 2.25. The molecule has 182 valence electrons. The highest BCUT2D eigenvalue weighted by Gasteiger charge is 2.22. The first kappa shape index (κ1) is 27.1. The average molecular weight is 561 g/mol. The topological polar surface area (TPSA) is 67.4 Å². The Morgan fingerprint density at radius 1 is 1.12 bits per heavy atom. The number of hydrogen-bond acceptors (Lipinski definition) is 5. The van der Waals surface area contributed by atoms with E-state index < -0.39 is 0 Å². The second kappa shape index (κ2) is 15.7. The van der Waals surface area contributed by atoms with Crippen molar-refractivity contribution in [2.45, 2.75) is 50.7 Å². The van der Waals surface area contributed by atoms with Gasteiger partial charge in [0.2, 0.25) is 0 Å². The lowest BCUT2D eigenvalue weighted by Crippen LogP contribution is -2.44. The third-order valence-electron chi connectivity index (χ3n) is 6.15. The van der Waals surface area contributed by atoms with Gasteiger partial charge in [-0.25, -0.2) is 0 Å². The van der Waals surface area contributed by atoms with Crippen molar-refractivity contribution in [1.29, 1.82) is 0 Å². The summed E-state index contributed by atoms with van der Waals surface area (Å²) in [5.74, 6) is 1.75. The molecule has 0 saturated carbocycles. The standard InChI is InChI=1S/C24H40N4O3.HI/c1-25-24(26-13-6-16-31-22-11-17-30-18-12-22)27-19-23(28-14-4-3-5-15-28)20-7-9-21(29-2)10-8-20;/h7-10,22-23H,3-6,11-19H2,1-2H3,(H2,25,26,27);1H. The molecule has 2 N–H and O–H groups in total. The zero-order valence-electron chi connectivity index (χ0n) is 19.7. The highest BCUT2D eigenvalue weighted by atomic mass is 127. The normalized spacial score (nSPS) is 19.1. The maximum Gasteiger partial charge on any atom is 0.191 e. The molecule has 0 aliphatic carbocycles. The summed E-state index contributed by atoms with van der Waals surface area (Å²) in [5.41, 5.74) is 1.32. The molecule has 0 amide bonds. The smallest absolute Gasteiger partial charge is 0.191 e. The number of aliphatic imine (C=N–C) groups is 1. The molecule has 1 unspecified atom stereocenters. The van der Waals surface area contributed by atoms with E-state index >= 15 is 0 Å². The molecule has 3 rings (SSSR count). The van der Waals surface area contributed by atoms with Gasteiger partial charge in [0.05, 0.1) is 19.3 Å². The molecule has 8 heteroatoms. The van der Waals surface area contributed by atoms with E-state index in [1.54, 1.807) is 7.11 Å². The number of rotatable bonds is 10. The molecule has 1 aromatic carbocycles. The van der Waals surface area contributed by atoms with E-state index in [1.165, 1.54) is 24.8 Å². The molecular formula is C24H41IN4O3. The van der Waals surface area contributed by atoms with Gasteiger partial charge in [0.25, 0.3) is 0 Å². The fourth-order valence-electron chi connectivity index (χ4n) is 4.30. The van der Waals surface area contributed by atoms with Gasteiger partial charge in [-0.05, 0) is 62.9 Å². The summed E-state index contributed by atoms with van der Waals surface area (Å²) in [7, 11) is 3.54. The van der Waals surface area contributed by atoms with Crippen LogP contribution in [0.3, 0.4) is 0 Å². The van der Waals surface area contributed by atoms with Gasteiger partial charge in [0.15, 0.2) is 5.96 Å². The van der Waals surface area contributed by atoms with Crippen molar-refractivity contribution in [3.05, 3.63) is 29.8 Å². The van der Waals surface area contributed by atoms with Crippen LogP contribution in [0.15, 0.2) is 29.3 Å². The Balaban J connectivity index is 0.00000363. The van der Waals surface area contributed by atoms with Crippen LogP contribution in [0, 0.1) is 0 Å². The molecule has 2 aliphatic heterocycles. The second-order valence-electron chi connectivity index (χ2n) is 8.30. The maximum atomic E-state index is 5.96. The number of guanidine groups is 1. The highest BCUT2D eigenvalue weighted by molar-refractivity contribution is 14.0. The van der Waals surface area contributed by atoms with Crippen molar-refractivity contribution >= 4 is 29.9 Å². The lowest BCUT2D eigenvalue weighted by molar-refractivity contribution is -0.0320. The Morgan fingerprint density at radius 3 is 2.50 bits per heavy atom. The van der Waals surface area contributed by atoms with Crippen molar-refractivity contribution in [2.75, 3.05) is 60.2 Å². The van der Waals surface area contributed by atoms with Gasteiger partial charge in [0, 0.05) is 40.0 Å². The molecule has 0 spiro atoms. The van der Waals surface area contributed by atoms with E-state index in [0.717, 1.165) is 77.0 Å². The molecule has 2 fully saturated rings. The summed E-state index contributed by atoms with van der Waals surface area (Å²) in [5, 5.41) is 6.97. The van der Waals surface area contributed by atoms with Crippen molar-refractivity contribution in [3.8, 4) is 5.75 Å². The molecule has 0 bridgehead atoms. The Labute approximate surface area is 210 Å². The van der Waals surface area contributed by atoms with Crippen LogP contribution in [0.1, 0.15) is 50.1 Å². The van der Waals surface area contributed by atoms with Gasteiger partial charge < -0.3 is 24.8 Å². The average Bonchev–Trinajstić information content (AvgIpc) is 2.84. The minimum Gasteiger partial charge on any atom is -0.497 e. The minimum absolute atomic E-state index is 0. The molecule has 2 saturated heterocycles. The van der Waals surface area contributed by atoms with Gasteiger partial charge in [-0.3, -0.25) is 9.89 Å². The van der Waals surface area contributed by atoms with E-state index in [4.69, 9.17) is 14.2 Å². The van der Waals surface area contributed by atoms with Crippen molar-refractivity contribution in [1.82, 2.24) is 15.5 Å². The number of methoxy groups -OCH3 is 1. The number of piperidine rings is 1. The summed E-state index contributed by atoms with van der Waals surface area (Å²) in [6, 6.07) is 8.80. The van der Waals surface area contributed by atoms with E-state index in [1.807, 2.05) is 7.05 Å². The third kappa shape index (κ3) is 9.03. The lowest BCUT2D eigenvalue weighted by atomic mass is 10.0. The van der Waals surface area contributed by atoms with Gasteiger partial charge in [-0.15, -0.1) is 24.0 Å². The first-order chi connectivity index (χ1) is 15.3. The van der Waals surface area contributed by atoms with E-state index in [2.05, 4.69) is 44.8 Å². The third-order valence-corrected chi connectivity index (χ3v) is 6.15. The van der Waals surface area contributed by atoms with Crippen LogP contribution < -0.4 is 15.4 Å². The fourth-order valence-corrected chi connectivity index (χ4v) is 4.30. The van der Waals surface area contributed by atoms with E-state index in [9.17, 15) is 0 Å². The second-order valence-corrected chi connectivity index (χ2v) is 8.30. The van der Waals surface area contributed by atoms with Crippen molar-refractivity contribution in [3.63, 3.8) is 0 Å². The zero-order valence-corrected chi connectivity index (χ0v) is 22.0. The molecule has 32 heavy (non-hydrogen) atoms. The lowest BCUT2D eigenvalue weighted by Gasteiger charge is -2.35. The predicted molar refractivity (Wildman–Crippen MR) is 140 cm³/mol. The van der Waals surface area contributed by atoms with E-state index in [0.29, 0.717) is 12.1 Å². The number of halogens is 1. The van der Waals surface area contributed by atoms with Crippen LogP contribution in [-0.2, 0) is 9.47 Å². The number of benzene rings is 1. The number of likely N-dealkylation sites (tertiary alicyclic amines) is 1. The van der Waals surface area contributed by atoms with Crippen molar-refractivity contribution < 1.29 is 14.2 Å². The summed E-state index contributed by atoms with van der Waals surface area (Å²) in [4.78, 5) is 7.00. The number of nitrogens with one attached hydrogen (secondary N) is 2. The predicted octanol–water partition coefficient (Wildman–Crippen LogP) is 3.59. The Hall–Kier alpha value is -1.10. The molecule has 0 radical (unpaired) electrons. The van der Waals surface area contributed by atoms with Crippen LogP contribution in [0.5, 0.6) is 5.75 Å². The molecule has 1 atom stereocenters. The first-order valence-electron chi connectivity index (χ1n) is 11.8. The zero-order chi connectivity index (χ0) is 21.7. The molecule has 7 nitrogen and oxygen atoms in total. The quantitative estimate of drug-likeness (QED) is 0.198. The van der Waals surface area contributed by atoms with E-state index in [-0.39, 0.29) is 24.0 Å².